The molecule has 1 unspecified atom stereocenters. The molecule has 0 bridgehead atoms. The van der Waals surface area contributed by atoms with Gasteiger partial charge in [0.15, 0.2) is 0 Å². The molecule has 1 heterocycles. The predicted molar refractivity (Wildman–Crippen MR) is 85.3 cm³/mol. The lowest BCUT2D eigenvalue weighted by Gasteiger charge is -2.30. The smallest absolute Gasteiger partial charge is 0.0245 e. The van der Waals surface area contributed by atoms with Crippen molar-refractivity contribution < 1.29 is 0 Å². The first-order chi connectivity index (χ1) is 9.29. The molecule has 2 nitrogen and oxygen atoms in total. The van der Waals surface area contributed by atoms with Crippen molar-refractivity contribution in [1.82, 2.24) is 10.2 Å². The third-order valence-corrected chi connectivity index (χ3v) is 4.58. The fourth-order valence-corrected chi connectivity index (χ4v) is 3.27. The van der Waals surface area contributed by atoms with Gasteiger partial charge in [-0.1, -0.05) is 41.1 Å². The summed E-state index contributed by atoms with van der Waals surface area (Å²) in [6, 6.07) is 8.59. The third kappa shape index (κ3) is 4.90. The lowest BCUT2D eigenvalue weighted by Crippen LogP contribution is -2.38. The Morgan fingerprint density at radius 1 is 1.37 bits per heavy atom. The van der Waals surface area contributed by atoms with Gasteiger partial charge in [0, 0.05) is 17.6 Å². The molecule has 19 heavy (non-hydrogen) atoms. The van der Waals surface area contributed by atoms with Gasteiger partial charge in [0.05, 0.1) is 0 Å². The Morgan fingerprint density at radius 2 is 2.21 bits per heavy atom. The monoisotopic (exact) mass is 324 g/mol. The van der Waals surface area contributed by atoms with Crippen LogP contribution in [0.15, 0.2) is 28.7 Å². The lowest BCUT2D eigenvalue weighted by atomic mass is 9.98. The number of nitrogens with zero attached hydrogens (tertiary/aromatic N) is 1. The van der Waals surface area contributed by atoms with Crippen LogP contribution < -0.4 is 5.32 Å². The Morgan fingerprint density at radius 3 is 2.89 bits per heavy atom. The lowest BCUT2D eigenvalue weighted by molar-refractivity contribution is 0.201. The summed E-state index contributed by atoms with van der Waals surface area (Å²) in [4.78, 5) is 2.61. The summed E-state index contributed by atoms with van der Waals surface area (Å²) in [5.41, 5.74) is 1.40. The largest absolute Gasteiger partial charge is 0.316 e. The molecule has 3 heteroatoms. The van der Waals surface area contributed by atoms with Crippen LogP contribution >= 0.6 is 15.9 Å². The van der Waals surface area contributed by atoms with Gasteiger partial charge < -0.3 is 5.32 Å². The molecule has 1 aromatic rings. The van der Waals surface area contributed by atoms with Crippen molar-refractivity contribution in [3.8, 4) is 0 Å². The zero-order chi connectivity index (χ0) is 13.5. The first kappa shape index (κ1) is 15.0. The second-order valence-corrected chi connectivity index (χ2v) is 6.39. The van der Waals surface area contributed by atoms with E-state index in [9.17, 15) is 0 Å². The van der Waals surface area contributed by atoms with Gasteiger partial charge in [0.25, 0.3) is 0 Å². The standard InChI is InChI=1S/C16H25BrN2/c1-2-10-19(12-14-6-5-9-18-11-14)13-15-7-3-4-8-16(15)17/h3-4,7-8,14,18H,2,5-6,9-13H2,1H3. The summed E-state index contributed by atoms with van der Waals surface area (Å²) in [7, 11) is 0. The van der Waals surface area contributed by atoms with Gasteiger partial charge in [-0.25, -0.2) is 0 Å². The molecule has 1 atom stereocenters. The average Bonchev–Trinajstić information content (AvgIpc) is 2.43. The van der Waals surface area contributed by atoms with Gasteiger partial charge in [0.2, 0.25) is 0 Å². The molecule has 0 saturated carbocycles. The molecule has 1 N–H and O–H groups in total. The predicted octanol–water partition coefficient (Wildman–Crippen LogP) is 3.66. The van der Waals surface area contributed by atoms with Crippen LogP contribution in [-0.4, -0.2) is 31.1 Å². The number of benzene rings is 1. The van der Waals surface area contributed by atoms with Crippen LogP contribution in [0.5, 0.6) is 0 Å². The van der Waals surface area contributed by atoms with Crippen LogP contribution in [0.25, 0.3) is 0 Å². The van der Waals surface area contributed by atoms with E-state index < -0.39 is 0 Å². The van der Waals surface area contributed by atoms with E-state index in [1.54, 1.807) is 0 Å². The summed E-state index contributed by atoms with van der Waals surface area (Å²) in [6.07, 6.45) is 3.94. The van der Waals surface area contributed by atoms with E-state index in [2.05, 4.69) is 57.3 Å². The highest BCUT2D eigenvalue weighted by Gasteiger charge is 2.17. The molecule has 0 amide bonds. The normalized spacial score (nSPS) is 19.8. The first-order valence-electron chi connectivity index (χ1n) is 7.46. The fourth-order valence-electron chi connectivity index (χ4n) is 2.86. The SMILES string of the molecule is CCCN(Cc1ccccc1Br)CC1CCCNC1. The van der Waals surface area contributed by atoms with Gasteiger partial charge in [-0.15, -0.1) is 0 Å². The van der Waals surface area contributed by atoms with Gasteiger partial charge in [0.1, 0.15) is 0 Å². The van der Waals surface area contributed by atoms with Crippen LogP contribution in [0.3, 0.4) is 0 Å². The topological polar surface area (TPSA) is 15.3 Å². The number of rotatable bonds is 6. The molecule has 1 aliphatic rings. The van der Waals surface area contributed by atoms with Crippen molar-refractivity contribution in [3.63, 3.8) is 0 Å². The highest BCUT2D eigenvalue weighted by Crippen LogP contribution is 2.20. The summed E-state index contributed by atoms with van der Waals surface area (Å²) in [5.74, 6) is 0.822. The Balaban J connectivity index is 1.93. The maximum atomic E-state index is 3.66. The Labute approximate surface area is 125 Å². The summed E-state index contributed by atoms with van der Waals surface area (Å²) in [6.45, 7) is 8.14. The molecule has 106 valence electrons. The van der Waals surface area contributed by atoms with Crippen molar-refractivity contribution in [1.29, 1.82) is 0 Å². The summed E-state index contributed by atoms with van der Waals surface area (Å²) < 4.78 is 1.23. The minimum Gasteiger partial charge on any atom is -0.316 e. The molecule has 0 aliphatic carbocycles. The highest BCUT2D eigenvalue weighted by atomic mass is 79.9. The zero-order valence-corrected chi connectivity index (χ0v) is 13.5. The Kier molecular flexibility index (Phi) is 6.35. The van der Waals surface area contributed by atoms with Crippen molar-refractivity contribution in [2.45, 2.75) is 32.7 Å². The van der Waals surface area contributed by atoms with E-state index in [1.165, 1.54) is 55.5 Å². The maximum absolute atomic E-state index is 3.66. The average molecular weight is 325 g/mol. The number of halogens is 1. The number of hydrogen-bond acceptors (Lipinski definition) is 2. The van der Waals surface area contributed by atoms with Gasteiger partial charge in [-0.3, -0.25) is 4.90 Å². The van der Waals surface area contributed by atoms with E-state index in [0.717, 1.165) is 12.5 Å². The molecule has 1 saturated heterocycles. The van der Waals surface area contributed by atoms with Gasteiger partial charge >= 0.3 is 0 Å². The number of hydrogen-bond donors (Lipinski definition) is 1. The second kappa shape index (κ2) is 8.03. The van der Waals surface area contributed by atoms with Gasteiger partial charge in [-0.2, -0.15) is 0 Å². The number of piperidine rings is 1. The van der Waals surface area contributed by atoms with Crippen LogP contribution in [0.2, 0.25) is 0 Å². The molecular weight excluding hydrogens is 300 g/mol. The fraction of sp³-hybridized carbons (Fsp3) is 0.625. The number of nitrogens with one attached hydrogen (secondary N) is 1. The quantitative estimate of drug-likeness (QED) is 0.859. The highest BCUT2D eigenvalue weighted by molar-refractivity contribution is 9.10. The van der Waals surface area contributed by atoms with Gasteiger partial charge in [-0.05, 0) is 56.4 Å². The van der Waals surface area contributed by atoms with E-state index in [4.69, 9.17) is 0 Å². The van der Waals surface area contributed by atoms with Crippen molar-refractivity contribution in [3.05, 3.63) is 34.3 Å². The molecule has 0 spiro atoms. The van der Waals surface area contributed by atoms with E-state index in [1.807, 2.05) is 0 Å². The van der Waals surface area contributed by atoms with Crippen LogP contribution in [0, 0.1) is 5.92 Å². The molecule has 0 radical (unpaired) electrons. The molecule has 1 fully saturated rings. The molecule has 1 aromatic carbocycles. The van der Waals surface area contributed by atoms with Crippen molar-refractivity contribution >= 4 is 15.9 Å². The first-order valence-corrected chi connectivity index (χ1v) is 8.25. The maximum Gasteiger partial charge on any atom is 0.0245 e. The van der Waals surface area contributed by atoms with E-state index >= 15 is 0 Å². The Hall–Kier alpha value is -0.380. The van der Waals surface area contributed by atoms with Crippen LogP contribution in [-0.2, 0) is 6.54 Å². The molecule has 0 aromatic heterocycles. The van der Waals surface area contributed by atoms with E-state index in [-0.39, 0.29) is 0 Å². The second-order valence-electron chi connectivity index (χ2n) is 5.54. The van der Waals surface area contributed by atoms with Crippen LogP contribution in [0.1, 0.15) is 31.7 Å². The van der Waals surface area contributed by atoms with Crippen LogP contribution in [0.4, 0.5) is 0 Å². The minimum absolute atomic E-state index is 0.822. The molecular formula is C16H25BrN2. The van der Waals surface area contributed by atoms with Crippen molar-refractivity contribution in [2.24, 2.45) is 5.92 Å². The molecule has 1 aliphatic heterocycles. The zero-order valence-electron chi connectivity index (χ0n) is 11.9. The van der Waals surface area contributed by atoms with E-state index in [0.29, 0.717) is 0 Å². The Bertz CT molecular complexity index is 375. The summed E-state index contributed by atoms with van der Waals surface area (Å²) >= 11 is 3.66. The summed E-state index contributed by atoms with van der Waals surface area (Å²) in [5, 5.41) is 3.52. The van der Waals surface area contributed by atoms with Crippen molar-refractivity contribution in [2.75, 3.05) is 26.2 Å². The third-order valence-electron chi connectivity index (χ3n) is 3.81. The molecule has 2 rings (SSSR count). The minimum atomic E-state index is 0.822.